The second-order valence-corrected chi connectivity index (χ2v) is 7.31. The van der Waals surface area contributed by atoms with Gasteiger partial charge in [0.15, 0.2) is 0 Å². The molecular weight excluding hydrogens is 443 g/mol. The Morgan fingerprint density at radius 3 is 1.88 bits per heavy atom. The summed E-state index contributed by atoms with van der Waals surface area (Å²) < 4.78 is 34.0. The number of hydrogen-bond donors (Lipinski definition) is 0. The van der Waals surface area contributed by atoms with Crippen molar-refractivity contribution in [2.24, 2.45) is 0 Å². The molecule has 0 aliphatic carbocycles. The number of aryl methyl sites for hydroxylation is 1. The van der Waals surface area contributed by atoms with Gasteiger partial charge in [-0.05, 0) is 47.9 Å². The smallest absolute Gasteiger partial charge is 0.419 e. The summed E-state index contributed by atoms with van der Waals surface area (Å²) in [6.07, 6.45) is 0. The molecule has 0 aliphatic heterocycles. The van der Waals surface area contributed by atoms with E-state index < -0.39 is 23.4 Å². The van der Waals surface area contributed by atoms with Crippen LogP contribution in [0.5, 0.6) is 5.75 Å². The molecule has 0 saturated carbocycles. The fourth-order valence-electron chi connectivity index (χ4n) is 3.28. The number of carbonyl (C=O) groups is 2. The first-order valence-corrected chi connectivity index (χ1v) is 10.2. The van der Waals surface area contributed by atoms with Gasteiger partial charge in [-0.15, -0.1) is 0 Å². The minimum atomic E-state index is -2.54. The highest BCUT2D eigenvalue weighted by Gasteiger charge is 2.55. The van der Waals surface area contributed by atoms with Crippen LogP contribution in [-0.4, -0.2) is 25.5 Å². The number of hydrogen-bond acceptors (Lipinski definition) is 7. The van der Waals surface area contributed by atoms with E-state index in [1.165, 1.54) is 43.9 Å². The van der Waals surface area contributed by atoms with Crippen molar-refractivity contribution in [2.45, 2.75) is 25.7 Å². The zero-order valence-corrected chi connectivity index (χ0v) is 18.6. The number of halogens is 1. The molecule has 0 saturated heterocycles. The molecule has 3 rings (SSSR count). The highest BCUT2D eigenvalue weighted by atomic mass is 19.1. The lowest BCUT2D eigenvalue weighted by atomic mass is 9.89. The van der Waals surface area contributed by atoms with Crippen LogP contribution in [0.25, 0.3) is 0 Å². The summed E-state index contributed by atoms with van der Waals surface area (Å²) in [5, 5.41) is 0. The highest BCUT2D eigenvalue weighted by Crippen LogP contribution is 2.32. The summed E-state index contributed by atoms with van der Waals surface area (Å²) in [6, 6.07) is 18.4. The molecule has 7 nitrogen and oxygen atoms in total. The van der Waals surface area contributed by atoms with Crippen molar-refractivity contribution in [3.05, 3.63) is 101 Å². The third kappa shape index (κ3) is 5.40. The summed E-state index contributed by atoms with van der Waals surface area (Å²) in [5.74, 6) is -2.16. The van der Waals surface area contributed by atoms with E-state index in [0.29, 0.717) is 22.4 Å². The molecule has 8 heteroatoms. The molecule has 0 heterocycles. The first kappa shape index (κ1) is 24.4. The number of methoxy groups -OCH3 is 1. The van der Waals surface area contributed by atoms with Crippen molar-refractivity contribution < 1.29 is 37.7 Å². The van der Waals surface area contributed by atoms with Gasteiger partial charge in [0.05, 0.1) is 7.11 Å². The van der Waals surface area contributed by atoms with Crippen LogP contribution in [0.4, 0.5) is 4.39 Å². The van der Waals surface area contributed by atoms with Crippen molar-refractivity contribution >= 4 is 18.4 Å². The first-order chi connectivity index (χ1) is 16.4. The van der Waals surface area contributed by atoms with Crippen LogP contribution in [0, 0.1) is 12.7 Å². The lowest BCUT2D eigenvalue weighted by molar-refractivity contribution is -0.185. The lowest BCUT2D eigenvalue weighted by Crippen LogP contribution is -2.48. The quantitative estimate of drug-likeness (QED) is 0.255. The molecule has 3 aromatic rings. The predicted octanol–water partition coefficient (Wildman–Crippen LogP) is 3.91. The van der Waals surface area contributed by atoms with Gasteiger partial charge in [-0.2, -0.15) is 0 Å². The molecular formula is C26H22FO7. The Morgan fingerprint density at radius 1 is 0.853 bits per heavy atom. The predicted molar refractivity (Wildman–Crippen MR) is 119 cm³/mol. The Bertz CT molecular complexity index is 1140. The molecule has 0 N–H and O–H groups in total. The monoisotopic (exact) mass is 465 g/mol. The summed E-state index contributed by atoms with van der Waals surface area (Å²) >= 11 is 0. The van der Waals surface area contributed by atoms with Crippen LogP contribution in [0.1, 0.15) is 22.3 Å². The number of esters is 2. The van der Waals surface area contributed by atoms with Gasteiger partial charge in [0.2, 0.25) is 0 Å². The van der Waals surface area contributed by atoms with E-state index in [2.05, 4.69) is 0 Å². The van der Waals surface area contributed by atoms with Crippen molar-refractivity contribution in [1.82, 2.24) is 0 Å². The van der Waals surface area contributed by atoms with E-state index in [9.17, 15) is 18.8 Å². The van der Waals surface area contributed by atoms with Crippen molar-refractivity contribution in [3.8, 4) is 5.75 Å². The molecule has 0 spiro atoms. The van der Waals surface area contributed by atoms with E-state index in [4.69, 9.17) is 18.9 Å². The first-order valence-electron chi connectivity index (χ1n) is 10.2. The van der Waals surface area contributed by atoms with Crippen LogP contribution in [0.2, 0.25) is 0 Å². The molecule has 0 aromatic heterocycles. The van der Waals surface area contributed by atoms with Gasteiger partial charge in [0.25, 0.3) is 0 Å². The fraction of sp³-hybridized carbons (Fsp3) is 0.192. The third-order valence-electron chi connectivity index (χ3n) is 5.11. The van der Waals surface area contributed by atoms with E-state index in [1.807, 2.05) is 0 Å². The standard InChI is InChI=1S/C26H22FO7/c1-18-5-3-4-6-23(18)26(34-17-28,24(29)32-15-19-7-11-21(27)12-8-19)25(30)33-16-20-9-13-22(31-2)14-10-20/h3-14H,15-16H2,1-2H3. The van der Waals surface area contributed by atoms with Crippen LogP contribution in [-0.2, 0) is 47.4 Å². The van der Waals surface area contributed by atoms with Gasteiger partial charge < -0.3 is 18.9 Å². The molecule has 0 amide bonds. The maximum Gasteiger partial charge on any atom is 0.419 e. The second-order valence-electron chi connectivity index (χ2n) is 7.31. The zero-order valence-electron chi connectivity index (χ0n) is 18.6. The van der Waals surface area contributed by atoms with Gasteiger partial charge in [0, 0.05) is 5.56 Å². The van der Waals surface area contributed by atoms with Gasteiger partial charge in [-0.25, -0.2) is 18.8 Å². The van der Waals surface area contributed by atoms with Gasteiger partial charge in [-0.3, -0.25) is 0 Å². The summed E-state index contributed by atoms with van der Waals surface area (Å²) in [5.41, 5.74) is -0.905. The Labute approximate surface area is 196 Å². The Kier molecular flexibility index (Phi) is 7.97. The summed E-state index contributed by atoms with van der Waals surface area (Å²) in [6.45, 7) is 2.34. The molecule has 1 atom stereocenters. The Balaban J connectivity index is 1.91. The Morgan fingerprint density at radius 2 is 1.38 bits per heavy atom. The topological polar surface area (TPSA) is 88.1 Å². The number of benzene rings is 3. The summed E-state index contributed by atoms with van der Waals surface area (Å²) in [7, 11) is 1.52. The minimum Gasteiger partial charge on any atom is -0.497 e. The number of carbonyl (C=O) groups excluding carboxylic acids is 3. The Hall–Kier alpha value is -4.20. The molecule has 3 aromatic carbocycles. The maximum absolute atomic E-state index is 13.3. The molecule has 34 heavy (non-hydrogen) atoms. The van der Waals surface area contributed by atoms with Crippen molar-refractivity contribution in [2.75, 3.05) is 7.11 Å². The van der Waals surface area contributed by atoms with Gasteiger partial charge in [0.1, 0.15) is 24.8 Å². The molecule has 0 aliphatic rings. The average molecular weight is 465 g/mol. The molecule has 0 fully saturated rings. The average Bonchev–Trinajstić information content (AvgIpc) is 2.86. The van der Waals surface area contributed by atoms with E-state index in [1.54, 1.807) is 49.4 Å². The van der Waals surface area contributed by atoms with Crippen LogP contribution in [0.15, 0.2) is 72.8 Å². The van der Waals surface area contributed by atoms with Crippen LogP contribution in [0.3, 0.4) is 0 Å². The highest BCUT2D eigenvalue weighted by molar-refractivity contribution is 6.05. The lowest BCUT2D eigenvalue weighted by Gasteiger charge is -2.28. The minimum absolute atomic E-state index is 0.0715. The molecule has 0 bridgehead atoms. The fourth-order valence-corrected chi connectivity index (χ4v) is 3.28. The summed E-state index contributed by atoms with van der Waals surface area (Å²) in [4.78, 5) is 37.9. The molecule has 1 unspecified atom stereocenters. The largest absolute Gasteiger partial charge is 0.497 e. The molecule has 175 valence electrons. The normalized spacial score (nSPS) is 12.2. The van der Waals surface area contributed by atoms with Crippen molar-refractivity contribution in [1.29, 1.82) is 0 Å². The zero-order chi connectivity index (χ0) is 24.6. The SMILES string of the molecule is COc1ccc(COC(=O)C(O[C]=O)(C(=O)OCc2ccc(F)cc2)c2ccccc2C)cc1. The van der Waals surface area contributed by atoms with E-state index in [0.717, 1.165) is 0 Å². The van der Waals surface area contributed by atoms with E-state index in [-0.39, 0.29) is 18.8 Å². The maximum atomic E-state index is 13.3. The molecule has 1 radical (unpaired) electrons. The van der Waals surface area contributed by atoms with Gasteiger partial charge in [-0.1, -0.05) is 48.5 Å². The van der Waals surface area contributed by atoms with Crippen LogP contribution >= 0.6 is 0 Å². The number of rotatable bonds is 10. The van der Waals surface area contributed by atoms with Crippen LogP contribution < -0.4 is 4.74 Å². The van der Waals surface area contributed by atoms with E-state index >= 15 is 0 Å². The number of ether oxygens (including phenoxy) is 4. The van der Waals surface area contributed by atoms with Gasteiger partial charge >= 0.3 is 24.0 Å². The second kappa shape index (κ2) is 11.1. The third-order valence-corrected chi connectivity index (χ3v) is 5.11. The van der Waals surface area contributed by atoms with Crippen molar-refractivity contribution in [3.63, 3.8) is 0 Å².